The summed E-state index contributed by atoms with van der Waals surface area (Å²) in [5.74, 6) is 0.224. The largest absolute Gasteiger partial charge is 0.336 e. The first-order chi connectivity index (χ1) is 9.79. The summed E-state index contributed by atoms with van der Waals surface area (Å²) in [5, 5.41) is 5.40. The number of nitrogens with zero attached hydrogens (tertiary/aromatic N) is 2. The first kappa shape index (κ1) is 14.4. The second-order valence-corrected chi connectivity index (χ2v) is 7.06. The Morgan fingerprint density at radius 3 is 2.95 bits per heavy atom. The molecule has 0 spiro atoms. The number of piperazine rings is 1. The van der Waals surface area contributed by atoms with Crippen molar-refractivity contribution in [3.05, 3.63) is 16.3 Å². The van der Waals surface area contributed by atoms with E-state index < -0.39 is 0 Å². The van der Waals surface area contributed by atoms with Crippen molar-refractivity contribution >= 4 is 29.0 Å². The van der Waals surface area contributed by atoms with Crippen molar-refractivity contribution in [1.82, 2.24) is 15.1 Å². The summed E-state index contributed by atoms with van der Waals surface area (Å²) in [6, 6.07) is 2.60. The van der Waals surface area contributed by atoms with Gasteiger partial charge >= 0.3 is 0 Å². The second-order valence-electron chi connectivity index (χ2n) is 5.30. The van der Waals surface area contributed by atoms with Crippen LogP contribution >= 0.6 is 23.1 Å². The predicted molar refractivity (Wildman–Crippen MR) is 84.9 cm³/mol. The van der Waals surface area contributed by atoms with Crippen LogP contribution < -0.4 is 5.32 Å². The number of amides is 1. The number of thioether (sulfide) groups is 1. The second kappa shape index (κ2) is 6.47. The Labute approximate surface area is 128 Å². The van der Waals surface area contributed by atoms with Gasteiger partial charge in [-0.2, -0.15) is 0 Å². The van der Waals surface area contributed by atoms with Crippen molar-refractivity contribution in [3.8, 4) is 0 Å². The molecule has 0 aromatic carbocycles. The number of hydrogen-bond acceptors (Lipinski definition) is 5. The molecule has 1 atom stereocenters. The molecule has 20 heavy (non-hydrogen) atoms. The van der Waals surface area contributed by atoms with Crippen LogP contribution in [0.15, 0.2) is 16.3 Å². The van der Waals surface area contributed by atoms with Crippen molar-refractivity contribution < 1.29 is 4.79 Å². The van der Waals surface area contributed by atoms with E-state index >= 15 is 0 Å². The van der Waals surface area contributed by atoms with Crippen LogP contribution in [0, 0.1) is 0 Å². The van der Waals surface area contributed by atoms with Crippen molar-refractivity contribution in [3.63, 3.8) is 0 Å². The molecule has 1 aromatic heterocycles. The van der Waals surface area contributed by atoms with Gasteiger partial charge in [0.05, 0.1) is 0 Å². The lowest BCUT2D eigenvalue weighted by Gasteiger charge is -2.32. The molecule has 6 heteroatoms. The van der Waals surface area contributed by atoms with E-state index in [4.69, 9.17) is 0 Å². The molecule has 2 saturated heterocycles. The number of thiophene rings is 1. The molecular formula is C14H21N3OS2. The molecular weight excluding hydrogens is 290 g/mol. The Morgan fingerprint density at radius 2 is 2.20 bits per heavy atom. The summed E-state index contributed by atoms with van der Waals surface area (Å²) in [7, 11) is 0. The minimum Gasteiger partial charge on any atom is -0.336 e. The maximum absolute atomic E-state index is 12.6. The van der Waals surface area contributed by atoms with E-state index in [1.807, 2.05) is 22.6 Å². The van der Waals surface area contributed by atoms with Gasteiger partial charge in [0.25, 0.3) is 5.91 Å². The van der Waals surface area contributed by atoms with E-state index in [1.165, 1.54) is 0 Å². The summed E-state index contributed by atoms with van der Waals surface area (Å²) in [6.45, 7) is 6.17. The Bertz CT molecular complexity index is 471. The third-order valence-electron chi connectivity index (χ3n) is 4.16. The van der Waals surface area contributed by atoms with Gasteiger partial charge in [0, 0.05) is 50.2 Å². The Balaban J connectivity index is 1.63. The van der Waals surface area contributed by atoms with E-state index in [1.54, 1.807) is 23.1 Å². The maximum Gasteiger partial charge on any atom is 0.265 e. The van der Waals surface area contributed by atoms with E-state index in [2.05, 4.69) is 10.2 Å². The Kier molecular flexibility index (Phi) is 4.65. The van der Waals surface area contributed by atoms with Crippen LogP contribution in [-0.4, -0.2) is 67.3 Å². The fourth-order valence-electron chi connectivity index (χ4n) is 3.03. The average molecular weight is 311 g/mol. The van der Waals surface area contributed by atoms with Gasteiger partial charge in [-0.05, 0) is 24.1 Å². The minimum atomic E-state index is 0.224. The topological polar surface area (TPSA) is 35.6 Å². The van der Waals surface area contributed by atoms with Gasteiger partial charge in [0.1, 0.15) is 4.88 Å². The van der Waals surface area contributed by atoms with E-state index in [0.717, 1.165) is 55.5 Å². The third-order valence-corrected chi connectivity index (χ3v) is 5.97. The lowest BCUT2D eigenvalue weighted by atomic mass is 10.2. The van der Waals surface area contributed by atoms with Crippen molar-refractivity contribution in [2.75, 3.05) is 45.5 Å². The smallest absolute Gasteiger partial charge is 0.265 e. The highest BCUT2D eigenvalue weighted by molar-refractivity contribution is 7.98. The van der Waals surface area contributed by atoms with Gasteiger partial charge in [-0.3, -0.25) is 9.69 Å². The normalized spacial score (nSPS) is 24.2. The highest BCUT2D eigenvalue weighted by Gasteiger charge is 2.32. The first-order valence-corrected chi connectivity index (χ1v) is 9.25. The molecule has 4 nitrogen and oxygen atoms in total. The van der Waals surface area contributed by atoms with Crippen molar-refractivity contribution in [1.29, 1.82) is 0 Å². The standard InChI is InChI=1S/C14H21N3OS2/c1-19-12-3-9-20-13(12)14(18)17-6-2-11(10-17)16-7-4-15-5-8-16/h3,9,11,15H,2,4-8,10H2,1H3. The molecule has 1 unspecified atom stereocenters. The molecule has 0 saturated carbocycles. The lowest BCUT2D eigenvalue weighted by Crippen LogP contribution is -2.49. The number of carbonyl (C=O) groups excluding carboxylic acids is 1. The molecule has 2 fully saturated rings. The molecule has 3 rings (SSSR count). The molecule has 1 amide bonds. The summed E-state index contributed by atoms with van der Waals surface area (Å²) in [5.41, 5.74) is 0. The molecule has 1 aromatic rings. The SMILES string of the molecule is CSc1ccsc1C(=O)N1CCC(N2CCNCC2)C1. The highest BCUT2D eigenvalue weighted by atomic mass is 32.2. The Hall–Kier alpha value is -0.560. The van der Waals surface area contributed by atoms with Gasteiger partial charge in [-0.15, -0.1) is 23.1 Å². The van der Waals surface area contributed by atoms with Crippen molar-refractivity contribution in [2.45, 2.75) is 17.4 Å². The number of likely N-dealkylation sites (tertiary alicyclic amines) is 1. The molecule has 2 aliphatic heterocycles. The van der Waals surface area contributed by atoms with E-state index in [-0.39, 0.29) is 5.91 Å². The lowest BCUT2D eigenvalue weighted by molar-refractivity contribution is 0.0775. The van der Waals surface area contributed by atoms with Crippen LogP contribution in [0.25, 0.3) is 0 Å². The number of nitrogens with one attached hydrogen (secondary N) is 1. The van der Waals surface area contributed by atoms with Crippen LogP contribution in [0.5, 0.6) is 0 Å². The molecule has 0 aliphatic carbocycles. The quantitative estimate of drug-likeness (QED) is 0.860. The fourth-order valence-corrected chi connectivity index (χ4v) is 4.74. The zero-order chi connectivity index (χ0) is 13.9. The van der Waals surface area contributed by atoms with Crippen molar-refractivity contribution in [2.24, 2.45) is 0 Å². The van der Waals surface area contributed by atoms with E-state index in [9.17, 15) is 4.79 Å². The molecule has 1 N–H and O–H groups in total. The summed E-state index contributed by atoms with van der Waals surface area (Å²) < 4.78 is 0. The molecule has 110 valence electrons. The molecule has 2 aliphatic rings. The number of rotatable bonds is 3. The minimum absolute atomic E-state index is 0.224. The van der Waals surface area contributed by atoms with Gasteiger partial charge in [0.2, 0.25) is 0 Å². The monoisotopic (exact) mass is 311 g/mol. The number of carbonyl (C=O) groups is 1. The highest BCUT2D eigenvalue weighted by Crippen LogP contribution is 2.28. The van der Waals surface area contributed by atoms with Gasteiger partial charge in [-0.1, -0.05) is 0 Å². The summed E-state index contributed by atoms with van der Waals surface area (Å²) in [6.07, 6.45) is 3.15. The van der Waals surface area contributed by atoms with Crippen LogP contribution in [0.1, 0.15) is 16.1 Å². The molecule has 3 heterocycles. The zero-order valence-electron chi connectivity index (χ0n) is 11.8. The molecule has 0 radical (unpaired) electrons. The number of hydrogen-bond donors (Lipinski definition) is 1. The van der Waals surface area contributed by atoms with Crippen LogP contribution in [0.2, 0.25) is 0 Å². The molecule has 0 bridgehead atoms. The van der Waals surface area contributed by atoms with E-state index in [0.29, 0.717) is 6.04 Å². The predicted octanol–water partition coefficient (Wildman–Crippen LogP) is 1.59. The third kappa shape index (κ3) is 2.88. The van der Waals surface area contributed by atoms with Gasteiger partial charge in [0.15, 0.2) is 0 Å². The zero-order valence-corrected chi connectivity index (χ0v) is 13.4. The van der Waals surface area contributed by atoms with Crippen LogP contribution in [-0.2, 0) is 0 Å². The van der Waals surface area contributed by atoms with Gasteiger partial charge < -0.3 is 10.2 Å². The Morgan fingerprint density at radius 1 is 1.40 bits per heavy atom. The summed E-state index contributed by atoms with van der Waals surface area (Å²) >= 11 is 3.23. The van der Waals surface area contributed by atoms with Crippen LogP contribution in [0.4, 0.5) is 0 Å². The fraction of sp³-hybridized carbons (Fsp3) is 0.643. The maximum atomic E-state index is 12.6. The first-order valence-electron chi connectivity index (χ1n) is 7.15. The van der Waals surface area contributed by atoms with Crippen LogP contribution in [0.3, 0.4) is 0 Å². The average Bonchev–Trinajstić information content (AvgIpc) is 3.16. The van der Waals surface area contributed by atoms with Gasteiger partial charge in [-0.25, -0.2) is 0 Å². The summed E-state index contributed by atoms with van der Waals surface area (Å²) in [4.78, 5) is 19.2.